The van der Waals surface area contributed by atoms with Crippen LogP contribution in [-0.2, 0) is 0 Å². The molecule has 0 saturated heterocycles. The van der Waals surface area contributed by atoms with Gasteiger partial charge in [0.25, 0.3) is 0 Å². The number of hydrogen-bond donors (Lipinski definition) is 2. The monoisotopic (exact) mass is 263 g/mol. The molecule has 1 aliphatic rings. The zero-order valence-electron chi connectivity index (χ0n) is 12.2. The van der Waals surface area contributed by atoms with Gasteiger partial charge in [-0.05, 0) is 38.3 Å². The van der Waals surface area contributed by atoms with Gasteiger partial charge in [0.05, 0.1) is 13.2 Å². The van der Waals surface area contributed by atoms with Crippen molar-refractivity contribution in [2.45, 2.75) is 51.7 Å². The van der Waals surface area contributed by atoms with Crippen molar-refractivity contribution in [3.8, 4) is 5.75 Å². The fourth-order valence-corrected chi connectivity index (χ4v) is 3.03. The van der Waals surface area contributed by atoms with E-state index in [-0.39, 0.29) is 0 Å². The summed E-state index contributed by atoms with van der Waals surface area (Å²) in [5.74, 6) is 0.811. The molecule has 0 amide bonds. The highest BCUT2D eigenvalue weighted by Gasteiger charge is 2.19. The van der Waals surface area contributed by atoms with E-state index >= 15 is 0 Å². The Bertz CT molecular complexity index is 425. The summed E-state index contributed by atoms with van der Waals surface area (Å²) in [6, 6.07) is 4.68. The second-order valence-corrected chi connectivity index (χ2v) is 5.61. The molecule has 2 rings (SSSR count). The third-order valence-corrected chi connectivity index (χ3v) is 3.97. The van der Waals surface area contributed by atoms with Gasteiger partial charge >= 0.3 is 0 Å². The van der Waals surface area contributed by atoms with E-state index in [0.29, 0.717) is 12.6 Å². The molecule has 2 N–H and O–H groups in total. The smallest absolute Gasteiger partial charge is 0.127 e. The fourth-order valence-electron chi connectivity index (χ4n) is 3.03. The molecule has 0 spiro atoms. The normalized spacial score (nSPS) is 17.7. The molecule has 1 saturated carbocycles. The number of ether oxygens (including phenoxy) is 1. The van der Waals surface area contributed by atoms with Crippen LogP contribution in [0.15, 0.2) is 12.1 Å². The van der Waals surface area contributed by atoms with E-state index in [1.807, 2.05) is 19.9 Å². The topological polar surface area (TPSA) is 41.5 Å². The predicted octanol–water partition coefficient (Wildman–Crippen LogP) is 2.88. The van der Waals surface area contributed by atoms with Gasteiger partial charge in [0, 0.05) is 18.2 Å². The molecule has 1 aromatic rings. The van der Waals surface area contributed by atoms with E-state index in [0.717, 1.165) is 22.4 Å². The van der Waals surface area contributed by atoms with Gasteiger partial charge in [0.2, 0.25) is 0 Å². The van der Waals surface area contributed by atoms with Gasteiger partial charge in [-0.1, -0.05) is 24.5 Å². The van der Waals surface area contributed by atoms with Crippen molar-refractivity contribution in [1.82, 2.24) is 5.32 Å². The van der Waals surface area contributed by atoms with Crippen LogP contribution in [0.2, 0.25) is 0 Å². The van der Waals surface area contributed by atoms with Crippen molar-refractivity contribution >= 4 is 0 Å². The molecule has 1 fully saturated rings. The van der Waals surface area contributed by atoms with Crippen molar-refractivity contribution in [2.24, 2.45) is 0 Å². The van der Waals surface area contributed by atoms with Crippen LogP contribution >= 0.6 is 0 Å². The van der Waals surface area contributed by atoms with Crippen LogP contribution in [0.1, 0.15) is 48.5 Å². The van der Waals surface area contributed by atoms with E-state index in [2.05, 4.69) is 11.4 Å². The Hall–Kier alpha value is -1.06. The summed E-state index contributed by atoms with van der Waals surface area (Å²) in [4.78, 5) is 0. The molecule has 1 aromatic carbocycles. The lowest BCUT2D eigenvalue weighted by Crippen LogP contribution is -2.30. The Kier molecular flexibility index (Phi) is 4.83. The molecule has 0 radical (unpaired) electrons. The van der Waals surface area contributed by atoms with Crippen molar-refractivity contribution in [1.29, 1.82) is 0 Å². The van der Waals surface area contributed by atoms with Crippen LogP contribution in [0.25, 0.3) is 0 Å². The number of aliphatic hydroxyl groups is 1. The predicted molar refractivity (Wildman–Crippen MR) is 77.7 cm³/mol. The van der Waals surface area contributed by atoms with Gasteiger partial charge in [0.15, 0.2) is 0 Å². The molecule has 0 aromatic heterocycles. The maximum atomic E-state index is 10.4. The molecule has 106 valence electrons. The van der Waals surface area contributed by atoms with Crippen LogP contribution in [0.4, 0.5) is 0 Å². The lowest BCUT2D eigenvalue weighted by molar-refractivity contribution is 0.165. The minimum atomic E-state index is -0.505. The first-order valence-electron chi connectivity index (χ1n) is 7.18. The third kappa shape index (κ3) is 3.48. The van der Waals surface area contributed by atoms with Crippen molar-refractivity contribution in [3.63, 3.8) is 0 Å². The largest absolute Gasteiger partial charge is 0.496 e. The summed E-state index contributed by atoms with van der Waals surface area (Å²) in [5.41, 5.74) is 3.14. The van der Waals surface area contributed by atoms with Crippen LogP contribution < -0.4 is 10.1 Å². The first-order chi connectivity index (χ1) is 9.11. The molecule has 3 heteroatoms. The van der Waals surface area contributed by atoms with E-state index in [1.54, 1.807) is 7.11 Å². The number of hydrogen-bond acceptors (Lipinski definition) is 3. The van der Waals surface area contributed by atoms with Gasteiger partial charge in [-0.2, -0.15) is 0 Å². The van der Waals surface area contributed by atoms with Gasteiger partial charge in [-0.3, -0.25) is 0 Å². The summed E-state index contributed by atoms with van der Waals surface area (Å²) in [6.45, 7) is 4.67. The first-order valence-corrected chi connectivity index (χ1v) is 7.18. The Labute approximate surface area is 116 Å². The average Bonchev–Trinajstić information content (AvgIpc) is 2.88. The third-order valence-electron chi connectivity index (χ3n) is 3.97. The fraction of sp³-hybridized carbons (Fsp3) is 0.625. The molecular formula is C16H25NO2. The van der Waals surface area contributed by atoms with Gasteiger partial charge in [-0.25, -0.2) is 0 Å². The zero-order valence-corrected chi connectivity index (χ0v) is 12.2. The van der Waals surface area contributed by atoms with Crippen LogP contribution in [0.3, 0.4) is 0 Å². The molecule has 1 unspecified atom stereocenters. The highest BCUT2D eigenvalue weighted by atomic mass is 16.5. The Morgan fingerprint density at radius 1 is 1.32 bits per heavy atom. The van der Waals surface area contributed by atoms with E-state index in [1.165, 1.54) is 25.7 Å². The molecule has 3 nitrogen and oxygen atoms in total. The maximum Gasteiger partial charge on any atom is 0.127 e. The van der Waals surface area contributed by atoms with Gasteiger partial charge < -0.3 is 15.2 Å². The van der Waals surface area contributed by atoms with Gasteiger partial charge in [-0.15, -0.1) is 0 Å². The Morgan fingerprint density at radius 2 is 2.00 bits per heavy atom. The molecule has 1 aliphatic carbocycles. The standard InChI is InChI=1S/C16H25NO2/c1-11-8-12(2)16(19-3)14(9-11)15(18)10-17-13-6-4-5-7-13/h8-9,13,15,17-18H,4-7,10H2,1-3H3. The Morgan fingerprint density at radius 3 is 2.63 bits per heavy atom. The molecular weight excluding hydrogens is 238 g/mol. The number of nitrogens with one attached hydrogen (secondary N) is 1. The molecule has 0 bridgehead atoms. The minimum absolute atomic E-state index is 0.505. The number of aryl methyl sites for hydroxylation is 2. The van der Waals surface area contributed by atoms with Crippen molar-refractivity contribution < 1.29 is 9.84 Å². The molecule has 0 heterocycles. The lowest BCUT2D eigenvalue weighted by Gasteiger charge is -2.20. The second kappa shape index (κ2) is 6.40. The lowest BCUT2D eigenvalue weighted by atomic mass is 10.0. The molecule has 19 heavy (non-hydrogen) atoms. The summed E-state index contributed by atoms with van der Waals surface area (Å²) in [7, 11) is 1.66. The van der Waals surface area contributed by atoms with Crippen molar-refractivity contribution in [2.75, 3.05) is 13.7 Å². The van der Waals surface area contributed by atoms with Gasteiger partial charge in [0.1, 0.15) is 5.75 Å². The van der Waals surface area contributed by atoms with Crippen LogP contribution in [-0.4, -0.2) is 24.8 Å². The summed E-state index contributed by atoms with van der Waals surface area (Å²) in [6.07, 6.45) is 4.57. The summed E-state index contributed by atoms with van der Waals surface area (Å²) >= 11 is 0. The second-order valence-electron chi connectivity index (χ2n) is 5.61. The number of benzene rings is 1. The Balaban J connectivity index is 2.06. The van der Waals surface area contributed by atoms with E-state index in [4.69, 9.17) is 4.74 Å². The van der Waals surface area contributed by atoms with Crippen LogP contribution in [0.5, 0.6) is 5.75 Å². The highest BCUT2D eigenvalue weighted by Crippen LogP contribution is 2.30. The first kappa shape index (κ1) is 14.4. The average molecular weight is 263 g/mol. The minimum Gasteiger partial charge on any atom is -0.496 e. The SMILES string of the molecule is COc1c(C)cc(C)cc1C(O)CNC1CCCC1. The zero-order chi connectivity index (χ0) is 13.8. The number of methoxy groups -OCH3 is 1. The molecule has 0 aliphatic heterocycles. The van der Waals surface area contributed by atoms with E-state index < -0.39 is 6.10 Å². The van der Waals surface area contributed by atoms with E-state index in [9.17, 15) is 5.11 Å². The summed E-state index contributed by atoms with van der Waals surface area (Å²) < 4.78 is 5.44. The number of rotatable bonds is 5. The maximum absolute atomic E-state index is 10.4. The number of aliphatic hydroxyl groups excluding tert-OH is 1. The highest BCUT2D eigenvalue weighted by molar-refractivity contribution is 5.45. The quantitative estimate of drug-likeness (QED) is 0.858. The summed E-state index contributed by atoms with van der Waals surface area (Å²) in [5, 5.41) is 13.9. The van der Waals surface area contributed by atoms with Crippen LogP contribution in [0, 0.1) is 13.8 Å². The van der Waals surface area contributed by atoms with Crippen molar-refractivity contribution in [3.05, 3.63) is 28.8 Å². The molecule has 1 atom stereocenters.